The standard InChI is InChI=1S/2C22H17FN2O2S.C22H20N2O2S.C22H18N2O2S.C21H23NO3S/c2*1-12-3-5-14(6-4-12)22-25-20(13(2)28-22)19-18(26)10-15(21(19)27)9-17-8-7-16(23)11-24-17;2*1-13-6-8-15(9-7-13)22-24-20(14(2)27-22)19-18(25)12-16(21(19)26)11-17-5-3-4-10-23-17;1-13-19(22-21(26-13)15-5-3-2-4-6-15)18-17(23)12-16(20(18)24)11-14-7-9-25-10-8-14/h2*3-9,11,19H,10H2,1-2H3;3-10,16,19H,11-12H2,1-2H3;3-11,19H,12H2,1-2H3;2-6,14,16,18H,7-12H2,1H3/b15-9+;15-9-;;16-11-;. The third-order valence-corrected chi connectivity index (χ3v) is 29.9. The Morgan fingerprint density at radius 3 is 0.978 bits per heavy atom. The number of carbonyl (C=O) groups excluding carboxylic acids is 10. The monoisotopic (exact) mass is 1900 g/mol. The second-order valence-corrected chi connectivity index (χ2v) is 40.8. The summed E-state index contributed by atoms with van der Waals surface area (Å²) in [6, 6.07) is 58.8. The van der Waals surface area contributed by atoms with E-state index in [-0.39, 0.29) is 95.4 Å². The number of benzene rings is 5. The number of pyridine rings is 4. The summed E-state index contributed by atoms with van der Waals surface area (Å²) >= 11 is 7.59. The maximum atomic E-state index is 13.0. The van der Waals surface area contributed by atoms with Gasteiger partial charge >= 0.3 is 0 Å². The number of carbonyl (C=O) groups is 10. The molecule has 5 saturated carbocycles. The number of hydrogen-bond donors (Lipinski definition) is 0. The van der Waals surface area contributed by atoms with E-state index in [0.717, 1.165) is 139 Å². The molecule has 20 nitrogen and oxygen atoms in total. The predicted molar refractivity (Wildman–Crippen MR) is 527 cm³/mol. The lowest BCUT2D eigenvalue weighted by Crippen LogP contribution is -2.22. The van der Waals surface area contributed by atoms with Crippen LogP contribution in [0.2, 0.25) is 0 Å². The van der Waals surface area contributed by atoms with Crippen LogP contribution in [0.5, 0.6) is 0 Å². The van der Waals surface area contributed by atoms with Gasteiger partial charge in [0.25, 0.3) is 0 Å². The van der Waals surface area contributed by atoms with E-state index >= 15 is 0 Å². The molecule has 7 atom stereocenters. The molecule has 0 radical (unpaired) electrons. The number of nitrogens with zero attached hydrogens (tertiary/aromatic N) is 9. The topological polar surface area (TPSA) is 296 Å². The first-order valence-corrected chi connectivity index (χ1v) is 48.9. The number of aromatic nitrogens is 9. The van der Waals surface area contributed by atoms with Crippen molar-refractivity contribution in [3.05, 3.63) is 339 Å². The molecule has 0 bridgehead atoms. The van der Waals surface area contributed by atoms with E-state index in [1.165, 1.54) is 69.4 Å². The second kappa shape index (κ2) is 42.7. The van der Waals surface area contributed by atoms with Gasteiger partial charge in [0.1, 0.15) is 77.8 Å². The molecule has 5 aliphatic carbocycles. The fraction of sp³-hybridized carbons (Fsp3) is 0.257. The highest BCUT2D eigenvalue weighted by molar-refractivity contribution is 7.16. The van der Waals surface area contributed by atoms with E-state index in [0.29, 0.717) is 81.0 Å². The van der Waals surface area contributed by atoms with Crippen LogP contribution in [0.1, 0.15) is 179 Å². The molecule has 0 amide bonds. The Labute approximate surface area is 805 Å². The van der Waals surface area contributed by atoms with Crippen molar-refractivity contribution in [2.45, 2.75) is 150 Å². The first-order valence-electron chi connectivity index (χ1n) is 44.8. The Kier molecular flexibility index (Phi) is 30.0. The number of halogens is 2. The van der Waals surface area contributed by atoms with Gasteiger partial charge in [0.05, 0.1) is 57.9 Å². The highest BCUT2D eigenvalue weighted by Crippen LogP contribution is 2.46. The number of ether oxygens (including phenoxy) is 1. The summed E-state index contributed by atoms with van der Waals surface area (Å²) in [5.74, 6) is -5.77. The van der Waals surface area contributed by atoms with Crippen LogP contribution in [0, 0.1) is 91.7 Å². The van der Waals surface area contributed by atoms with Crippen LogP contribution >= 0.6 is 56.7 Å². The molecular formula is C109H95F2N9O11S5. The van der Waals surface area contributed by atoms with Crippen LogP contribution in [0.4, 0.5) is 8.78 Å². The average Bonchev–Trinajstić information content (AvgIpc) is 1.65. The van der Waals surface area contributed by atoms with Gasteiger partial charge in [-0.2, -0.15) is 0 Å². The maximum absolute atomic E-state index is 13.0. The molecule has 136 heavy (non-hydrogen) atoms. The number of hydrogen-bond acceptors (Lipinski definition) is 25. The molecular weight excluding hydrogens is 1810 g/mol. The maximum Gasteiger partial charge on any atom is 0.175 e. The summed E-state index contributed by atoms with van der Waals surface area (Å²) in [6.07, 6.45) is 14.6. The van der Waals surface area contributed by atoms with E-state index in [1.807, 2.05) is 226 Å². The minimum Gasteiger partial charge on any atom is -0.381 e. The molecule has 6 fully saturated rings. The van der Waals surface area contributed by atoms with Gasteiger partial charge in [-0.3, -0.25) is 67.9 Å². The number of allylic oxidation sites excluding steroid dienone is 3. The number of rotatable bonds is 17. The van der Waals surface area contributed by atoms with E-state index in [1.54, 1.807) is 53.3 Å². The number of ketones is 10. The minimum atomic E-state index is -0.873. The second-order valence-electron chi connectivity index (χ2n) is 34.7. The summed E-state index contributed by atoms with van der Waals surface area (Å²) in [7, 11) is 0. The van der Waals surface area contributed by atoms with Gasteiger partial charge in [-0.15, -0.1) is 56.7 Å². The Morgan fingerprint density at radius 2 is 0.647 bits per heavy atom. The van der Waals surface area contributed by atoms with Crippen molar-refractivity contribution in [2.24, 2.45) is 17.8 Å². The SMILES string of the molecule is Cc1ccc(-c2nc(C3C(=O)C/C(=C/c4ccc(F)cn4)C3=O)c(C)s2)cc1.Cc1ccc(-c2nc(C3C(=O)C/C(=C/c4ccccn4)C3=O)c(C)s2)cc1.Cc1ccc(-c2nc(C3C(=O)C/C(=C\c4ccc(F)cn4)C3=O)c(C)s2)cc1.Cc1ccc(-c2nc(C3C(=O)CC(Cc4ccccn4)C3=O)c(C)s2)cc1.Cc1sc(-c2ccccc2)nc1C1C(=O)CC(CC2CCOCC2)C1=O. The summed E-state index contributed by atoms with van der Waals surface area (Å²) in [4.78, 5) is 172. The zero-order chi connectivity index (χ0) is 95.7. The van der Waals surface area contributed by atoms with Gasteiger partial charge in [-0.1, -0.05) is 162 Å². The zero-order valence-electron chi connectivity index (χ0n) is 76.1. The minimum absolute atomic E-state index is 0.0190. The lowest BCUT2D eigenvalue weighted by molar-refractivity contribution is -0.126. The molecule has 7 unspecified atom stereocenters. The van der Waals surface area contributed by atoms with E-state index in [4.69, 9.17) is 14.7 Å². The van der Waals surface area contributed by atoms with Crippen molar-refractivity contribution in [3.63, 3.8) is 0 Å². The van der Waals surface area contributed by atoms with Crippen molar-refractivity contribution >= 4 is 133 Å². The fourth-order valence-electron chi connectivity index (χ4n) is 17.4. The van der Waals surface area contributed by atoms with Crippen LogP contribution in [0.15, 0.2) is 230 Å². The van der Waals surface area contributed by atoms with Crippen molar-refractivity contribution in [1.82, 2.24) is 44.9 Å². The van der Waals surface area contributed by atoms with Crippen molar-refractivity contribution in [3.8, 4) is 52.9 Å². The molecule has 14 aromatic rings. The third kappa shape index (κ3) is 22.2. The van der Waals surface area contributed by atoms with Crippen molar-refractivity contribution < 1.29 is 61.5 Å². The Balaban J connectivity index is 0.000000123. The van der Waals surface area contributed by atoms with Crippen molar-refractivity contribution in [2.75, 3.05) is 13.2 Å². The van der Waals surface area contributed by atoms with E-state index < -0.39 is 41.2 Å². The molecule has 6 aliphatic rings. The van der Waals surface area contributed by atoms with E-state index in [9.17, 15) is 56.7 Å². The highest BCUT2D eigenvalue weighted by atomic mass is 32.1. The van der Waals surface area contributed by atoms with Crippen LogP contribution in [0.3, 0.4) is 0 Å². The lowest BCUT2D eigenvalue weighted by atomic mass is 9.86. The average molecular weight is 1910 g/mol. The summed E-state index contributed by atoms with van der Waals surface area (Å²) in [6.45, 7) is 19.2. The van der Waals surface area contributed by atoms with Crippen LogP contribution in [-0.2, 0) is 59.1 Å². The molecule has 10 heterocycles. The Bertz CT molecular complexity index is 6800. The Hall–Kier alpha value is -13.4. The largest absolute Gasteiger partial charge is 0.381 e. The van der Waals surface area contributed by atoms with Gasteiger partial charge in [0, 0.05) is 144 Å². The van der Waals surface area contributed by atoms with Gasteiger partial charge in [-0.25, -0.2) is 33.7 Å². The van der Waals surface area contributed by atoms with Gasteiger partial charge in [0.15, 0.2) is 46.3 Å². The molecule has 0 N–H and O–H groups in total. The quantitative estimate of drug-likeness (QED) is 0.0604. The van der Waals surface area contributed by atoms with Gasteiger partial charge in [0.2, 0.25) is 0 Å². The first-order chi connectivity index (χ1) is 65.5. The molecule has 686 valence electrons. The normalized spacial score (nSPS) is 19.7. The molecule has 1 saturated heterocycles. The zero-order valence-corrected chi connectivity index (χ0v) is 80.2. The van der Waals surface area contributed by atoms with Crippen LogP contribution in [0.25, 0.3) is 71.1 Å². The van der Waals surface area contributed by atoms with E-state index in [2.05, 4.69) is 34.9 Å². The molecule has 0 spiro atoms. The van der Waals surface area contributed by atoms with Crippen LogP contribution < -0.4 is 0 Å². The van der Waals surface area contributed by atoms with Gasteiger partial charge in [-0.05, 0) is 161 Å². The number of aryl methyl sites for hydroxylation is 9. The Morgan fingerprint density at radius 1 is 0.331 bits per heavy atom. The summed E-state index contributed by atoms with van der Waals surface area (Å²) in [5, 5.41) is 4.17. The smallest absolute Gasteiger partial charge is 0.175 e. The molecule has 20 rings (SSSR count). The van der Waals surface area contributed by atoms with Crippen molar-refractivity contribution in [1.29, 1.82) is 0 Å². The predicted octanol–water partition coefficient (Wildman–Crippen LogP) is 22.4. The lowest BCUT2D eigenvalue weighted by Gasteiger charge is -2.23. The number of Topliss-reactive ketones (excluding diaryl/α,β-unsaturated/α-hetero) is 10. The highest BCUT2D eigenvalue weighted by Gasteiger charge is 2.48. The van der Waals surface area contributed by atoms with Gasteiger partial charge < -0.3 is 4.74 Å². The first kappa shape index (κ1) is 95.7. The van der Waals surface area contributed by atoms with Crippen LogP contribution in [-0.4, -0.2) is 116 Å². The summed E-state index contributed by atoms with van der Waals surface area (Å²) < 4.78 is 31.4. The molecule has 1 aliphatic heterocycles. The summed E-state index contributed by atoms with van der Waals surface area (Å²) in [5.41, 5.74) is 16.3. The molecule has 27 heteroatoms. The molecule has 5 aromatic carbocycles. The third-order valence-electron chi connectivity index (χ3n) is 24.7. The molecule has 9 aromatic heterocycles. The fourth-order valence-corrected chi connectivity index (χ4v) is 22.2. The number of thiazole rings is 5.